The summed E-state index contributed by atoms with van der Waals surface area (Å²) in [6, 6.07) is 10.1. The lowest BCUT2D eigenvalue weighted by molar-refractivity contribution is 0.0389. The Labute approximate surface area is 247 Å². The van der Waals surface area contributed by atoms with Crippen molar-refractivity contribution in [1.82, 2.24) is 14.5 Å². The Morgan fingerprint density at radius 1 is 1.17 bits per heavy atom. The van der Waals surface area contributed by atoms with E-state index >= 15 is 0 Å². The van der Waals surface area contributed by atoms with Gasteiger partial charge in [-0.3, -0.25) is 4.79 Å². The van der Waals surface area contributed by atoms with E-state index in [0.717, 1.165) is 32.1 Å². The molecule has 3 amide bonds. The number of nitrogens with one attached hydrogen (secondary N) is 2. The highest BCUT2D eigenvalue weighted by Gasteiger charge is 2.36. The van der Waals surface area contributed by atoms with Crippen LogP contribution in [0.2, 0.25) is 5.02 Å². The van der Waals surface area contributed by atoms with E-state index in [1.165, 1.54) is 35.6 Å². The summed E-state index contributed by atoms with van der Waals surface area (Å²) in [6.07, 6.45) is 4.43. The van der Waals surface area contributed by atoms with Gasteiger partial charge in [-0.2, -0.15) is 4.31 Å². The van der Waals surface area contributed by atoms with E-state index in [4.69, 9.17) is 16.3 Å². The number of sulfonamides is 1. The van der Waals surface area contributed by atoms with Crippen LogP contribution in [0.1, 0.15) is 56.3 Å². The minimum atomic E-state index is -3.87. The zero-order valence-electron chi connectivity index (χ0n) is 23.7. The maximum absolute atomic E-state index is 13.7. The summed E-state index contributed by atoms with van der Waals surface area (Å²) in [7, 11) is -2.40. The van der Waals surface area contributed by atoms with Crippen molar-refractivity contribution >= 4 is 39.2 Å². The number of carbonyl (C=O) groups is 2. The van der Waals surface area contributed by atoms with Gasteiger partial charge < -0.3 is 25.4 Å². The standard InChI is InChI=1S/C29H39ClN4O6S/c1-19-16-34(20(2)18-35)28(36)24-10-7-11-25(32-29(37)31-22-8-5-4-6-9-22)27(24)40-26(19)17-33(3)41(38,39)23-14-12-21(30)13-15-23/h7,10-15,19-20,22,26,35H,4-6,8-9,16-18H2,1-3H3,(H2,31,32,37)/t19-,20-,26-/m0/s1. The Morgan fingerprint density at radius 3 is 2.51 bits per heavy atom. The molecule has 12 heteroatoms. The molecule has 10 nitrogen and oxygen atoms in total. The quantitative estimate of drug-likeness (QED) is 0.410. The average molecular weight is 607 g/mol. The van der Waals surface area contributed by atoms with Crippen molar-refractivity contribution in [2.45, 2.75) is 69.0 Å². The predicted molar refractivity (Wildman–Crippen MR) is 158 cm³/mol. The van der Waals surface area contributed by atoms with Gasteiger partial charge in [0.25, 0.3) is 5.91 Å². The van der Waals surface area contributed by atoms with Gasteiger partial charge in [-0.25, -0.2) is 13.2 Å². The summed E-state index contributed by atoms with van der Waals surface area (Å²) >= 11 is 5.95. The first kappa shape index (κ1) is 31.1. The Morgan fingerprint density at radius 2 is 1.85 bits per heavy atom. The number of likely N-dealkylation sites (N-methyl/N-ethyl adjacent to an activating group) is 1. The molecule has 2 aromatic carbocycles. The second-order valence-electron chi connectivity index (χ2n) is 11.0. The number of nitrogens with zero attached hydrogens (tertiary/aromatic N) is 2. The molecule has 4 rings (SSSR count). The Bertz CT molecular complexity index is 1330. The number of ether oxygens (including phenoxy) is 1. The van der Waals surface area contributed by atoms with Crippen LogP contribution in [0.3, 0.4) is 0 Å². The number of fused-ring (bicyclic) bond motifs is 1. The normalized spacial score (nSPS) is 20.9. The molecule has 1 aliphatic heterocycles. The second-order valence-corrected chi connectivity index (χ2v) is 13.5. The molecule has 3 N–H and O–H groups in total. The minimum Gasteiger partial charge on any atom is -0.486 e. The van der Waals surface area contributed by atoms with Crippen LogP contribution in [0, 0.1) is 5.92 Å². The largest absolute Gasteiger partial charge is 0.486 e. The number of aliphatic hydroxyl groups is 1. The fraction of sp³-hybridized carbons (Fsp3) is 0.517. The topological polar surface area (TPSA) is 128 Å². The first-order valence-electron chi connectivity index (χ1n) is 14.0. The number of carbonyl (C=O) groups excluding carboxylic acids is 2. The fourth-order valence-corrected chi connectivity index (χ4v) is 6.60. The highest BCUT2D eigenvalue weighted by molar-refractivity contribution is 7.89. The fourth-order valence-electron chi connectivity index (χ4n) is 5.29. The summed E-state index contributed by atoms with van der Waals surface area (Å²) in [5.41, 5.74) is 0.531. The molecule has 1 fully saturated rings. The van der Waals surface area contributed by atoms with Gasteiger partial charge in [-0.1, -0.05) is 43.9 Å². The molecule has 1 aliphatic carbocycles. The molecule has 2 aliphatic rings. The highest BCUT2D eigenvalue weighted by Crippen LogP contribution is 2.35. The van der Waals surface area contributed by atoms with Gasteiger partial charge in [0, 0.05) is 30.6 Å². The Hall–Kier alpha value is -2.86. The number of urea groups is 1. The second kappa shape index (κ2) is 13.4. The third-order valence-corrected chi connectivity index (χ3v) is 9.93. The molecular weight excluding hydrogens is 568 g/mol. The zero-order chi connectivity index (χ0) is 29.7. The first-order chi connectivity index (χ1) is 19.5. The van der Waals surface area contributed by atoms with E-state index in [-0.39, 0.29) is 53.8 Å². The first-order valence-corrected chi connectivity index (χ1v) is 15.8. The number of halogens is 1. The molecule has 224 valence electrons. The van der Waals surface area contributed by atoms with Crippen LogP contribution in [0.5, 0.6) is 5.75 Å². The van der Waals surface area contributed by atoms with Crippen molar-refractivity contribution in [2.24, 2.45) is 5.92 Å². The van der Waals surface area contributed by atoms with Crippen LogP contribution in [0.25, 0.3) is 0 Å². The minimum absolute atomic E-state index is 0.0241. The van der Waals surface area contributed by atoms with E-state index in [9.17, 15) is 23.1 Å². The van der Waals surface area contributed by atoms with E-state index in [1.807, 2.05) is 6.92 Å². The van der Waals surface area contributed by atoms with E-state index in [1.54, 1.807) is 30.0 Å². The molecule has 1 saturated carbocycles. The van der Waals surface area contributed by atoms with Crippen molar-refractivity contribution in [1.29, 1.82) is 0 Å². The monoisotopic (exact) mass is 606 g/mol. The molecule has 1 heterocycles. The summed E-state index contributed by atoms with van der Waals surface area (Å²) < 4.78 is 34.4. The van der Waals surface area contributed by atoms with Gasteiger partial charge in [0.1, 0.15) is 6.10 Å². The molecule has 0 aromatic heterocycles. The summed E-state index contributed by atoms with van der Waals surface area (Å²) in [5, 5.41) is 16.2. The van der Waals surface area contributed by atoms with Crippen LogP contribution in [0.15, 0.2) is 47.4 Å². The molecule has 3 atom stereocenters. The summed E-state index contributed by atoms with van der Waals surface area (Å²) in [6.45, 7) is 3.59. The average Bonchev–Trinajstić information content (AvgIpc) is 2.95. The maximum Gasteiger partial charge on any atom is 0.319 e. The van der Waals surface area contributed by atoms with Crippen LogP contribution in [-0.4, -0.2) is 79.6 Å². The molecule has 0 bridgehead atoms. The van der Waals surface area contributed by atoms with E-state index < -0.39 is 28.2 Å². The number of hydrogen-bond acceptors (Lipinski definition) is 6. The van der Waals surface area contributed by atoms with Crippen molar-refractivity contribution in [3.05, 3.63) is 53.1 Å². The summed E-state index contributed by atoms with van der Waals surface area (Å²) in [5.74, 6) is -0.501. The number of aliphatic hydroxyl groups excluding tert-OH is 1. The lowest BCUT2D eigenvalue weighted by Gasteiger charge is -2.38. The van der Waals surface area contributed by atoms with Gasteiger partial charge in [-0.05, 0) is 56.2 Å². The number of amides is 3. The number of benzene rings is 2. The summed E-state index contributed by atoms with van der Waals surface area (Å²) in [4.78, 5) is 28.3. The smallest absolute Gasteiger partial charge is 0.319 e. The molecule has 41 heavy (non-hydrogen) atoms. The zero-order valence-corrected chi connectivity index (χ0v) is 25.2. The number of anilines is 1. The molecule has 0 saturated heterocycles. The lowest BCUT2D eigenvalue weighted by Crippen LogP contribution is -2.50. The van der Waals surface area contributed by atoms with Crippen LogP contribution in [0.4, 0.5) is 10.5 Å². The Kier molecular flexibility index (Phi) is 10.2. The van der Waals surface area contributed by atoms with E-state index in [2.05, 4.69) is 10.6 Å². The molecule has 0 spiro atoms. The third-order valence-electron chi connectivity index (χ3n) is 7.84. The van der Waals surface area contributed by atoms with Gasteiger partial charge in [0.15, 0.2) is 5.75 Å². The van der Waals surface area contributed by atoms with Crippen molar-refractivity contribution in [2.75, 3.05) is 32.1 Å². The van der Waals surface area contributed by atoms with Crippen LogP contribution < -0.4 is 15.4 Å². The highest BCUT2D eigenvalue weighted by atomic mass is 35.5. The number of para-hydroxylation sites is 1. The van der Waals surface area contributed by atoms with Gasteiger partial charge >= 0.3 is 6.03 Å². The third kappa shape index (κ3) is 7.32. The SMILES string of the molecule is C[C@H]1CN([C@@H](C)CO)C(=O)c2cccc(NC(=O)NC3CCCCC3)c2O[C@H]1CN(C)S(=O)(=O)c1ccc(Cl)cc1. The molecule has 0 radical (unpaired) electrons. The molecular formula is C29H39ClN4O6S. The van der Waals surface area contributed by atoms with Crippen LogP contribution >= 0.6 is 11.6 Å². The van der Waals surface area contributed by atoms with E-state index in [0.29, 0.717) is 10.7 Å². The number of hydrogen-bond donors (Lipinski definition) is 3. The van der Waals surface area contributed by atoms with Crippen molar-refractivity contribution in [3.63, 3.8) is 0 Å². The van der Waals surface area contributed by atoms with Crippen molar-refractivity contribution < 1.29 is 27.9 Å². The predicted octanol–water partition coefficient (Wildman–Crippen LogP) is 4.34. The van der Waals surface area contributed by atoms with Crippen molar-refractivity contribution in [3.8, 4) is 5.75 Å². The Balaban J connectivity index is 1.65. The number of rotatable bonds is 8. The van der Waals surface area contributed by atoms with Gasteiger partial charge in [-0.15, -0.1) is 0 Å². The molecule has 0 unspecified atom stereocenters. The van der Waals surface area contributed by atoms with Gasteiger partial charge in [0.2, 0.25) is 10.0 Å². The van der Waals surface area contributed by atoms with Gasteiger partial charge in [0.05, 0.1) is 35.3 Å². The lowest BCUT2D eigenvalue weighted by atomic mass is 9.96. The molecule has 2 aromatic rings. The van der Waals surface area contributed by atoms with Crippen LogP contribution in [-0.2, 0) is 10.0 Å². The maximum atomic E-state index is 13.7.